The molecule has 0 amide bonds. The van der Waals surface area contributed by atoms with Gasteiger partial charge < -0.3 is 9.47 Å². The zero-order valence-corrected chi connectivity index (χ0v) is 17.6. The lowest BCUT2D eigenvalue weighted by molar-refractivity contribution is 0.387. The number of aryl methyl sites for hydroxylation is 3. The fourth-order valence-electron chi connectivity index (χ4n) is 3.79. The van der Waals surface area contributed by atoms with Gasteiger partial charge in [-0.05, 0) is 51.7 Å². The minimum absolute atomic E-state index is 0.0669. The van der Waals surface area contributed by atoms with Crippen LogP contribution in [0.4, 0.5) is 4.39 Å². The first kappa shape index (κ1) is 20.1. The van der Waals surface area contributed by atoms with Crippen LogP contribution in [-0.4, -0.2) is 48.6 Å². The van der Waals surface area contributed by atoms with Crippen LogP contribution in [0, 0.1) is 12.7 Å². The van der Waals surface area contributed by atoms with E-state index in [0.29, 0.717) is 22.5 Å². The maximum atomic E-state index is 13.3. The molecule has 3 aromatic heterocycles. The number of aromatic nitrogens is 5. The highest BCUT2D eigenvalue weighted by molar-refractivity contribution is 5.75. The van der Waals surface area contributed by atoms with E-state index in [0.717, 1.165) is 25.2 Å². The molecule has 1 aromatic carbocycles. The smallest absolute Gasteiger partial charge is 0.314 e. The molecule has 9 heteroatoms. The van der Waals surface area contributed by atoms with Crippen molar-refractivity contribution in [3.8, 4) is 0 Å². The van der Waals surface area contributed by atoms with Crippen LogP contribution in [0.5, 0.6) is 0 Å². The van der Waals surface area contributed by atoms with Crippen LogP contribution in [0.25, 0.3) is 16.9 Å². The largest absolute Gasteiger partial charge is 0.332 e. The Morgan fingerprint density at radius 1 is 1.10 bits per heavy atom. The molecule has 158 valence electrons. The molecular weight excluding hydrogens is 387 g/mol. The molecule has 0 aliphatic rings. The Hall–Kier alpha value is -3.20. The van der Waals surface area contributed by atoms with Gasteiger partial charge in [-0.25, -0.2) is 9.18 Å². The first-order valence-corrected chi connectivity index (χ1v) is 9.85. The summed E-state index contributed by atoms with van der Waals surface area (Å²) < 4.78 is 19.6. The predicted molar refractivity (Wildman–Crippen MR) is 114 cm³/mol. The third kappa shape index (κ3) is 3.35. The average Bonchev–Trinajstić information content (AvgIpc) is 3.20. The SMILES string of the molecule is Cc1cn2c3c(=O)n(Cc4ccc(F)cc4)c(=O)n(C)c3nc2n1CCCN(C)C. The number of hydrogen-bond donors (Lipinski definition) is 0. The van der Waals surface area contributed by atoms with Crippen LogP contribution >= 0.6 is 0 Å². The molecule has 0 fully saturated rings. The van der Waals surface area contributed by atoms with Crippen molar-refractivity contribution < 1.29 is 4.39 Å². The van der Waals surface area contributed by atoms with Crippen LogP contribution < -0.4 is 11.2 Å². The molecule has 0 aliphatic carbocycles. The third-order valence-electron chi connectivity index (χ3n) is 5.38. The number of rotatable bonds is 6. The van der Waals surface area contributed by atoms with Crippen molar-refractivity contribution in [2.45, 2.75) is 26.4 Å². The molecule has 0 saturated heterocycles. The van der Waals surface area contributed by atoms with Gasteiger partial charge in [0, 0.05) is 25.5 Å². The summed E-state index contributed by atoms with van der Waals surface area (Å²) in [6, 6.07) is 5.78. The van der Waals surface area contributed by atoms with Crippen molar-refractivity contribution in [3.63, 3.8) is 0 Å². The van der Waals surface area contributed by atoms with Crippen molar-refractivity contribution in [3.05, 3.63) is 68.4 Å². The first-order valence-electron chi connectivity index (χ1n) is 9.85. The van der Waals surface area contributed by atoms with E-state index in [1.165, 1.54) is 21.3 Å². The van der Waals surface area contributed by atoms with Crippen molar-refractivity contribution in [1.82, 2.24) is 28.0 Å². The molecule has 0 saturated carbocycles. The minimum Gasteiger partial charge on any atom is -0.314 e. The van der Waals surface area contributed by atoms with Crippen molar-refractivity contribution >= 4 is 16.9 Å². The fourth-order valence-corrected chi connectivity index (χ4v) is 3.79. The minimum atomic E-state index is -0.451. The van der Waals surface area contributed by atoms with Crippen molar-refractivity contribution in [2.75, 3.05) is 20.6 Å². The van der Waals surface area contributed by atoms with E-state index >= 15 is 0 Å². The summed E-state index contributed by atoms with van der Waals surface area (Å²) in [5.74, 6) is 0.283. The molecule has 0 N–H and O–H groups in total. The summed E-state index contributed by atoms with van der Waals surface area (Å²) in [4.78, 5) is 32.9. The summed E-state index contributed by atoms with van der Waals surface area (Å²) in [7, 11) is 5.67. The number of nitrogens with zero attached hydrogens (tertiary/aromatic N) is 6. The number of hydrogen-bond acceptors (Lipinski definition) is 4. The molecular formula is C21H25FN6O2. The van der Waals surface area contributed by atoms with Crippen molar-refractivity contribution in [2.24, 2.45) is 7.05 Å². The van der Waals surface area contributed by atoms with E-state index in [1.807, 2.05) is 27.2 Å². The molecule has 4 rings (SSSR count). The average molecular weight is 412 g/mol. The molecule has 8 nitrogen and oxygen atoms in total. The maximum Gasteiger partial charge on any atom is 0.332 e. The van der Waals surface area contributed by atoms with Crippen LogP contribution in [0.15, 0.2) is 40.1 Å². The molecule has 4 aromatic rings. The number of fused-ring (bicyclic) bond motifs is 3. The van der Waals surface area contributed by atoms with Gasteiger partial charge in [0.05, 0.1) is 6.54 Å². The van der Waals surface area contributed by atoms with Gasteiger partial charge in [-0.2, -0.15) is 4.98 Å². The Balaban J connectivity index is 1.86. The molecule has 30 heavy (non-hydrogen) atoms. The van der Waals surface area contributed by atoms with Gasteiger partial charge >= 0.3 is 5.69 Å². The second-order valence-electron chi connectivity index (χ2n) is 7.89. The molecule has 0 radical (unpaired) electrons. The summed E-state index contributed by atoms with van der Waals surface area (Å²) in [6.07, 6.45) is 2.82. The standard InChI is InChI=1S/C21H25FN6O2/c1-14-12-27-17-18(23-20(27)26(14)11-5-10-24(2)3)25(4)21(30)28(19(17)29)13-15-6-8-16(22)9-7-15/h6-9,12H,5,10-11,13H2,1-4H3. The van der Waals surface area contributed by atoms with Gasteiger partial charge in [0.15, 0.2) is 11.2 Å². The molecule has 0 bridgehead atoms. The van der Waals surface area contributed by atoms with Gasteiger partial charge in [0.25, 0.3) is 5.56 Å². The normalized spacial score (nSPS) is 11.9. The van der Waals surface area contributed by atoms with E-state index in [2.05, 4.69) is 14.5 Å². The van der Waals surface area contributed by atoms with Gasteiger partial charge in [0.2, 0.25) is 5.78 Å². The quantitative estimate of drug-likeness (QED) is 0.482. The number of imidazole rings is 2. The van der Waals surface area contributed by atoms with E-state index in [9.17, 15) is 14.0 Å². The van der Waals surface area contributed by atoms with Gasteiger partial charge in [0.1, 0.15) is 5.82 Å². The summed E-state index contributed by atoms with van der Waals surface area (Å²) >= 11 is 0. The van der Waals surface area contributed by atoms with Crippen LogP contribution in [-0.2, 0) is 20.1 Å². The highest BCUT2D eigenvalue weighted by atomic mass is 19.1. The Labute approximate surface area is 172 Å². The first-order chi connectivity index (χ1) is 14.3. The molecule has 0 spiro atoms. The lowest BCUT2D eigenvalue weighted by atomic mass is 10.2. The molecule has 0 aliphatic heterocycles. The highest BCUT2D eigenvalue weighted by Crippen LogP contribution is 2.17. The van der Waals surface area contributed by atoms with Crippen LogP contribution in [0.2, 0.25) is 0 Å². The monoisotopic (exact) mass is 412 g/mol. The zero-order valence-electron chi connectivity index (χ0n) is 17.6. The lowest BCUT2D eigenvalue weighted by Crippen LogP contribution is -2.39. The van der Waals surface area contributed by atoms with Gasteiger partial charge in [-0.15, -0.1) is 0 Å². The fraction of sp³-hybridized carbons (Fsp3) is 0.381. The molecule has 3 heterocycles. The van der Waals surface area contributed by atoms with E-state index < -0.39 is 11.2 Å². The van der Waals surface area contributed by atoms with Crippen molar-refractivity contribution in [1.29, 1.82) is 0 Å². The van der Waals surface area contributed by atoms with Gasteiger partial charge in [-0.1, -0.05) is 12.1 Å². The Morgan fingerprint density at radius 3 is 2.47 bits per heavy atom. The number of benzene rings is 1. The Kier molecular flexibility index (Phi) is 5.07. The highest BCUT2D eigenvalue weighted by Gasteiger charge is 2.20. The Morgan fingerprint density at radius 2 is 1.80 bits per heavy atom. The van der Waals surface area contributed by atoms with E-state index in [-0.39, 0.29) is 12.4 Å². The summed E-state index contributed by atoms with van der Waals surface area (Å²) in [5.41, 5.74) is 1.54. The van der Waals surface area contributed by atoms with Crippen LogP contribution in [0.3, 0.4) is 0 Å². The lowest BCUT2D eigenvalue weighted by Gasteiger charge is -2.10. The maximum absolute atomic E-state index is 13.3. The summed E-state index contributed by atoms with van der Waals surface area (Å²) in [6.45, 7) is 3.75. The Bertz CT molecular complexity index is 1340. The second kappa shape index (κ2) is 7.56. The number of halogens is 1. The predicted octanol–water partition coefficient (Wildman–Crippen LogP) is 1.60. The van der Waals surface area contributed by atoms with Crippen LogP contribution in [0.1, 0.15) is 17.7 Å². The third-order valence-corrected chi connectivity index (χ3v) is 5.38. The zero-order chi connectivity index (χ0) is 21.6. The molecule has 0 unspecified atom stereocenters. The van der Waals surface area contributed by atoms with E-state index in [4.69, 9.17) is 0 Å². The second-order valence-corrected chi connectivity index (χ2v) is 7.89. The van der Waals surface area contributed by atoms with Gasteiger partial charge in [-0.3, -0.25) is 18.3 Å². The van der Waals surface area contributed by atoms with E-state index in [1.54, 1.807) is 23.6 Å². The molecule has 0 atom stereocenters. The topological polar surface area (TPSA) is 69.5 Å². The summed E-state index contributed by atoms with van der Waals surface area (Å²) in [5, 5.41) is 0.